The number of ketones is 2. The number of nitrogens with zero attached hydrogens (tertiary/aromatic N) is 1. The molecule has 4 rings (SSSR count). The van der Waals surface area contributed by atoms with Crippen molar-refractivity contribution in [1.82, 2.24) is 0 Å². The molecular formula is C29H19NO10. The van der Waals surface area contributed by atoms with E-state index in [1.54, 1.807) is 12.1 Å². The van der Waals surface area contributed by atoms with Gasteiger partial charge in [0.15, 0.2) is 17.3 Å². The van der Waals surface area contributed by atoms with E-state index in [0.717, 1.165) is 19.2 Å². The molecule has 4 aromatic carbocycles. The van der Waals surface area contributed by atoms with Crippen molar-refractivity contribution in [2.24, 2.45) is 0 Å². The lowest BCUT2D eigenvalue weighted by Gasteiger charge is -2.19. The standard InChI is InChI=1S/C29H19NO10/c1-39-29(36)20-21(23(31)16-10-4-2-5-11-16)25(33)26(34)27(40-28(35)17-12-6-3-7-13-17)22(20)24(32)18-14-8-9-15-19(18)30(37)38/h2-15,33-34H,1H3. The number of hydrogen-bond donors (Lipinski definition) is 2. The van der Waals surface area contributed by atoms with Crippen molar-refractivity contribution in [3.8, 4) is 17.2 Å². The number of esters is 2. The second-order valence-electron chi connectivity index (χ2n) is 8.20. The predicted octanol–water partition coefficient (Wildman–Crippen LogP) is 4.47. The van der Waals surface area contributed by atoms with Gasteiger partial charge in [0.1, 0.15) is 5.56 Å². The summed E-state index contributed by atoms with van der Waals surface area (Å²) in [4.78, 5) is 64.3. The zero-order valence-corrected chi connectivity index (χ0v) is 20.7. The van der Waals surface area contributed by atoms with Crippen LogP contribution < -0.4 is 4.74 Å². The second-order valence-corrected chi connectivity index (χ2v) is 8.20. The van der Waals surface area contributed by atoms with Gasteiger partial charge in [0.2, 0.25) is 11.5 Å². The summed E-state index contributed by atoms with van der Waals surface area (Å²) in [5.41, 5.74) is -3.91. The molecule has 0 atom stereocenters. The van der Waals surface area contributed by atoms with Crippen molar-refractivity contribution < 1.29 is 43.8 Å². The van der Waals surface area contributed by atoms with E-state index in [1.165, 1.54) is 60.7 Å². The molecule has 0 bridgehead atoms. The number of para-hydroxylation sites is 1. The van der Waals surface area contributed by atoms with Crippen LogP contribution >= 0.6 is 0 Å². The van der Waals surface area contributed by atoms with Crippen LogP contribution in [0.15, 0.2) is 84.9 Å². The molecule has 0 spiro atoms. The molecular weight excluding hydrogens is 522 g/mol. The Kier molecular flexibility index (Phi) is 7.67. The van der Waals surface area contributed by atoms with E-state index < -0.39 is 73.6 Å². The third-order valence-corrected chi connectivity index (χ3v) is 5.83. The minimum Gasteiger partial charge on any atom is -0.504 e. The van der Waals surface area contributed by atoms with Crippen molar-refractivity contribution >= 4 is 29.2 Å². The Hall–Kier alpha value is -5.84. The van der Waals surface area contributed by atoms with Crippen LogP contribution in [-0.2, 0) is 4.74 Å². The van der Waals surface area contributed by atoms with E-state index in [2.05, 4.69) is 0 Å². The molecule has 40 heavy (non-hydrogen) atoms. The number of nitro groups is 1. The number of phenols is 2. The van der Waals surface area contributed by atoms with Crippen molar-refractivity contribution in [3.05, 3.63) is 128 Å². The predicted molar refractivity (Wildman–Crippen MR) is 139 cm³/mol. The number of rotatable bonds is 8. The number of aromatic hydroxyl groups is 2. The topological polar surface area (TPSA) is 170 Å². The Morgan fingerprint density at radius 2 is 1.23 bits per heavy atom. The zero-order chi connectivity index (χ0) is 29.0. The van der Waals surface area contributed by atoms with E-state index in [0.29, 0.717) is 0 Å². The summed E-state index contributed by atoms with van der Waals surface area (Å²) in [7, 11) is 0.928. The van der Waals surface area contributed by atoms with Gasteiger partial charge < -0.3 is 19.7 Å². The van der Waals surface area contributed by atoms with Gasteiger partial charge in [0.25, 0.3) is 5.69 Å². The number of carbonyl (C=O) groups is 4. The lowest BCUT2D eigenvalue weighted by atomic mass is 9.88. The van der Waals surface area contributed by atoms with Gasteiger partial charge in [-0.05, 0) is 18.2 Å². The highest BCUT2D eigenvalue weighted by Gasteiger charge is 2.38. The third kappa shape index (κ3) is 4.98. The summed E-state index contributed by atoms with van der Waals surface area (Å²) in [6, 6.07) is 19.4. The van der Waals surface area contributed by atoms with E-state index in [1.807, 2.05) is 0 Å². The first kappa shape index (κ1) is 27.2. The zero-order valence-electron chi connectivity index (χ0n) is 20.7. The molecule has 200 valence electrons. The minimum atomic E-state index is -1.33. The fourth-order valence-electron chi connectivity index (χ4n) is 3.96. The molecule has 0 aromatic heterocycles. The molecule has 0 fully saturated rings. The Morgan fingerprint density at radius 1 is 0.675 bits per heavy atom. The molecule has 4 aromatic rings. The van der Waals surface area contributed by atoms with Crippen LogP contribution in [0.4, 0.5) is 5.69 Å². The summed E-state index contributed by atoms with van der Waals surface area (Å²) in [6.07, 6.45) is 0. The Labute approximate surface area is 226 Å². The molecule has 0 aliphatic carbocycles. The van der Waals surface area contributed by atoms with Crippen molar-refractivity contribution in [2.45, 2.75) is 0 Å². The minimum absolute atomic E-state index is 0.0328. The molecule has 0 aliphatic heterocycles. The highest BCUT2D eigenvalue weighted by molar-refractivity contribution is 6.24. The second kappa shape index (κ2) is 11.3. The molecule has 0 radical (unpaired) electrons. The summed E-state index contributed by atoms with van der Waals surface area (Å²) in [5, 5.41) is 33.6. The van der Waals surface area contributed by atoms with Gasteiger partial charge in [-0.1, -0.05) is 60.7 Å². The third-order valence-electron chi connectivity index (χ3n) is 5.83. The number of benzene rings is 4. The summed E-state index contributed by atoms with van der Waals surface area (Å²) in [6.45, 7) is 0. The highest BCUT2D eigenvalue weighted by atomic mass is 16.6. The summed E-state index contributed by atoms with van der Waals surface area (Å²) in [5.74, 6) is -8.09. The smallest absolute Gasteiger partial charge is 0.343 e. The Balaban J connectivity index is 2.09. The lowest BCUT2D eigenvalue weighted by molar-refractivity contribution is -0.385. The van der Waals surface area contributed by atoms with Gasteiger partial charge >= 0.3 is 11.9 Å². The molecule has 0 amide bonds. The number of nitro benzene ring substituents is 1. The number of phenolic OH excluding ortho intramolecular Hbond substituents is 2. The number of methoxy groups -OCH3 is 1. The molecule has 0 aliphatic rings. The van der Waals surface area contributed by atoms with Crippen LogP contribution in [0, 0.1) is 10.1 Å². The SMILES string of the molecule is COC(=O)c1c(C(=O)c2ccccc2)c(O)c(O)c(OC(=O)c2ccccc2)c1C(=O)c1ccccc1[N+](=O)[O-]. The fraction of sp³-hybridized carbons (Fsp3) is 0.0345. The highest BCUT2D eigenvalue weighted by Crippen LogP contribution is 2.46. The van der Waals surface area contributed by atoms with Gasteiger partial charge in [0.05, 0.1) is 34.3 Å². The van der Waals surface area contributed by atoms with Gasteiger partial charge in [-0.3, -0.25) is 19.7 Å². The number of ether oxygens (including phenoxy) is 2. The average molecular weight is 541 g/mol. The quantitative estimate of drug-likeness (QED) is 0.0810. The van der Waals surface area contributed by atoms with Crippen LogP contribution in [0.2, 0.25) is 0 Å². The van der Waals surface area contributed by atoms with Crippen molar-refractivity contribution in [2.75, 3.05) is 7.11 Å². The Morgan fingerprint density at radius 3 is 1.80 bits per heavy atom. The maximum absolute atomic E-state index is 13.9. The molecule has 0 heterocycles. The molecule has 11 heteroatoms. The number of carbonyl (C=O) groups excluding carboxylic acids is 4. The first-order chi connectivity index (χ1) is 19.2. The maximum Gasteiger partial charge on any atom is 0.343 e. The normalized spacial score (nSPS) is 10.4. The summed E-state index contributed by atoms with van der Waals surface area (Å²) >= 11 is 0. The summed E-state index contributed by atoms with van der Waals surface area (Å²) < 4.78 is 10.1. The van der Waals surface area contributed by atoms with Crippen LogP contribution in [0.25, 0.3) is 0 Å². The maximum atomic E-state index is 13.9. The Bertz CT molecular complexity index is 1660. The van der Waals surface area contributed by atoms with E-state index >= 15 is 0 Å². The van der Waals surface area contributed by atoms with Crippen molar-refractivity contribution in [3.63, 3.8) is 0 Å². The molecule has 2 N–H and O–H groups in total. The molecule has 0 saturated heterocycles. The van der Waals surface area contributed by atoms with Gasteiger partial charge in [-0.15, -0.1) is 0 Å². The molecule has 0 unspecified atom stereocenters. The van der Waals surface area contributed by atoms with Crippen LogP contribution in [-0.4, -0.2) is 45.8 Å². The van der Waals surface area contributed by atoms with E-state index in [9.17, 15) is 39.5 Å². The monoisotopic (exact) mass is 541 g/mol. The van der Waals surface area contributed by atoms with Gasteiger partial charge in [-0.2, -0.15) is 0 Å². The fourth-order valence-corrected chi connectivity index (χ4v) is 3.96. The first-order valence-electron chi connectivity index (χ1n) is 11.5. The van der Waals surface area contributed by atoms with E-state index in [4.69, 9.17) is 9.47 Å². The van der Waals surface area contributed by atoms with Gasteiger partial charge in [0, 0.05) is 11.6 Å². The van der Waals surface area contributed by atoms with Crippen molar-refractivity contribution in [1.29, 1.82) is 0 Å². The van der Waals surface area contributed by atoms with E-state index in [-0.39, 0.29) is 11.1 Å². The largest absolute Gasteiger partial charge is 0.504 e. The van der Waals surface area contributed by atoms with Crippen LogP contribution in [0.3, 0.4) is 0 Å². The van der Waals surface area contributed by atoms with Crippen LogP contribution in [0.5, 0.6) is 17.2 Å². The first-order valence-corrected chi connectivity index (χ1v) is 11.5. The molecule has 11 nitrogen and oxygen atoms in total. The lowest BCUT2D eigenvalue weighted by Crippen LogP contribution is -2.21. The van der Waals surface area contributed by atoms with Gasteiger partial charge in [-0.25, -0.2) is 9.59 Å². The average Bonchev–Trinajstić information content (AvgIpc) is 2.99. The number of hydrogen-bond acceptors (Lipinski definition) is 10. The van der Waals surface area contributed by atoms with Crippen LogP contribution in [0.1, 0.15) is 52.6 Å². The molecule has 0 saturated carbocycles.